The molecule has 0 atom stereocenters. The van der Waals surface area contributed by atoms with Crippen molar-refractivity contribution in [3.05, 3.63) is 45.6 Å². The van der Waals surface area contributed by atoms with E-state index in [1.807, 2.05) is 0 Å². The lowest BCUT2D eigenvalue weighted by atomic mass is 10.1. The van der Waals surface area contributed by atoms with Gasteiger partial charge in [0.25, 0.3) is 0 Å². The Morgan fingerprint density at radius 2 is 2.33 bits per heavy atom. The molecule has 0 unspecified atom stereocenters. The number of hydrogen-bond donors (Lipinski definition) is 1. The number of aliphatic carboxylic acids is 1. The zero-order chi connectivity index (χ0) is 13.4. The maximum Gasteiger partial charge on any atom is 0.307 e. The highest BCUT2D eigenvalue weighted by Gasteiger charge is 2.04. The molecule has 92 valence electrons. The van der Waals surface area contributed by atoms with Crippen molar-refractivity contribution in [1.82, 2.24) is 0 Å². The molecular formula is C12H10FN3O2. The Morgan fingerprint density at radius 1 is 1.56 bits per heavy atom. The lowest BCUT2D eigenvalue weighted by molar-refractivity contribution is -0.136. The summed E-state index contributed by atoms with van der Waals surface area (Å²) in [6.07, 6.45) is 0.153. The number of carbonyl (C=O) groups is 1. The van der Waals surface area contributed by atoms with Crippen LogP contribution >= 0.6 is 0 Å². The van der Waals surface area contributed by atoms with Gasteiger partial charge in [-0.25, -0.2) is 4.39 Å². The average Bonchev–Trinajstić information content (AvgIpc) is 2.32. The highest BCUT2D eigenvalue weighted by molar-refractivity contribution is 5.70. The van der Waals surface area contributed by atoms with Crippen LogP contribution in [-0.4, -0.2) is 17.6 Å². The first kappa shape index (κ1) is 13.6. The number of benzene rings is 1. The van der Waals surface area contributed by atoms with Crippen molar-refractivity contribution >= 4 is 5.97 Å². The third kappa shape index (κ3) is 4.56. The van der Waals surface area contributed by atoms with Crippen LogP contribution < -0.4 is 0 Å². The zero-order valence-electron chi connectivity index (χ0n) is 9.43. The Labute approximate surface area is 103 Å². The normalized spacial score (nSPS) is 8.94. The number of carboxylic acids is 1. The minimum atomic E-state index is -0.983. The maximum atomic E-state index is 13.4. The molecule has 1 aromatic rings. The summed E-state index contributed by atoms with van der Waals surface area (Å²) in [6, 6.07) is 4.01. The van der Waals surface area contributed by atoms with Crippen molar-refractivity contribution in [3.63, 3.8) is 0 Å². The summed E-state index contributed by atoms with van der Waals surface area (Å²) in [5.41, 5.74) is 8.68. The molecule has 0 aliphatic rings. The van der Waals surface area contributed by atoms with Crippen LogP contribution in [0.15, 0.2) is 23.3 Å². The molecule has 0 heterocycles. The van der Waals surface area contributed by atoms with Gasteiger partial charge in [0.15, 0.2) is 0 Å². The molecular weight excluding hydrogens is 237 g/mol. The van der Waals surface area contributed by atoms with E-state index in [0.29, 0.717) is 12.0 Å². The zero-order valence-corrected chi connectivity index (χ0v) is 9.43. The van der Waals surface area contributed by atoms with E-state index in [0.717, 1.165) is 0 Å². The third-order valence-corrected chi connectivity index (χ3v) is 2.01. The quantitative estimate of drug-likeness (QED) is 0.291. The van der Waals surface area contributed by atoms with Gasteiger partial charge in [-0.3, -0.25) is 4.79 Å². The fourth-order valence-electron chi connectivity index (χ4n) is 1.26. The van der Waals surface area contributed by atoms with Crippen molar-refractivity contribution in [1.29, 1.82) is 0 Å². The van der Waals surface area contributed by atoms with Gasteiger partial charge in [-0.05, 0) is 23.2 Å². The summed E-state index contributed by atoms with van der Waals surface area (Å²) in [5, 5.41) is 11.9. The molecule has 0 radical (unpaired) electrons. The number of carboxylic acid groups (broad SMARTS) is 1. The van der Waals surface area contributed by atoms with Crippen LogP contribution in [0.1, 0.15) is 17.5 Å². The van der Waals surface area contributed by atoms with Crippen LogP contribution in [0, 0.1) is 17.7 Å². The van der Waals surface area contributed by atoms with E-state index in [1.165, 1.54) is 18.2 Å². The fraction of sp³-hybridized carbons (Fsp3) is 0.250. The molecule has 1 N–H and O–H groups in total. The number of halogens is 1. The molecule has 0 saturated heterocycles. The molecule has 0 aliphatic heterocycles. The minimum Gasteiger partial charge on any atom is -0.481 e. The molecule has 5 nitrogen and oxygen atoms in total. The predicted octanol–water partition coefficient (Wildman–Crippen LogP) is 2.50. The van der Waals surface area contributed by atoms with Crippen LogP contribution in [0.4, 0.5) is 4.39 Å². The summed E-state index contributed by atoms with van der Waals surface area (Å²) in [4.78, 5) is 13.1. The molecule has 0 bridgehead atoms. The molecule has 18 heavy (non-hydrogen) atoms. The van der Waals surface area contributed by atoms with Crippen molar-refractivity contribution in [2.24, 2.45) is 5.11 Å². The summed E-state index contributed by atoms with van der Waals surface area (Å²) in [7, 11) is 0. The molecule has 0 aliphatic carbocycles. The molecule has 0 spiro atoms. The van der Waals surface area contributed by atoms with Crippen molar-refractivity contribution in [2.45, 2.75) is 12.8 Å². The lowest BCUT2D eigenvalue weighted by Crippen LogP contribution is -2.00. The van der Waals surface area contributed by atoms with Gasteiger partial charge in [0.2, 0.25) is 0 Å². The summed E-state index contributed by atoms with van der Waals surface area (Å²) in [5.74, 6) is 3.76. The second-order valence-corrected chi connectivity index (χ2v) is 3.39. The Balaban J connectivity index is 2.80. The number of nitrogens with zero attached hydrogens (tertiary/aromatic N) is 3. The fourth-order valence-corrected chi connectivity index (χ4v) is 1.26. The highest BCUT2D eigenvalue weighted by Crippen LogP contribution is 2.10. The van der Waals surface area contributed by atoms with Crippen molar-refractivity contribution < 1.29 is 14.3 Å². The van der Waals surface area contributed by atoms with Gasteiger partial charge in [-0.1, -0.05) is 23.0 Å². The van der Waals surface area contributed by atoms with Gasteiger partial charge in [0.1, 0.15) is 5.82 Å². The first-order valence-electron chi connectivity index (χ1n) is 5.13. The Morgan fingerprint density at radius 3 is 3.00 bits per heavy atom. The van der Waals surface area contributed by atoms with E-state index in [4.69, 9.17) is 10.6 Å². The topological polar surface area (TPSA) is 86.1 Å². The Kier molecular flexibility index (Phi) is 5.23. The van der Waals surface area contributed by atoms with Gasteiger partial charge >= 0.3 is 5.97 Å². The van der Waals surface area contributed by atoms with Crippen LogP contribution in [-0.2, 0) is 11.2 Å². The van der Waals surface area contributed by atoms with Gasteiger partial charge in [-0.15, -0.1) is 0 Å². The number of azide groups is 1. The Hall–Kier alpha value is -2.51. The van der Waals surface area contributed by atoms with Crippen molar-refractivity contribution in [2.75, 3.05) is 6.54 Å². The second kappa shape index (κ2) is 6.94. The molecule has 0 amide bonds. The van der Waals surface area contributed by atoms with Gasteiger partial charge < -0.3 is 5.11 Å². The monoisotopic (exact) mass is 247 g/mol. The summed E-state index contributed by atoms with van der Waals surface area (Å²) < 4.78 is 13.4. The molecule has 1 rings (SSSR count). The number of rotatable bonds is 4. The first-order chi connectivity index (χ1) is 8.63. The van der Waals surface area contributed by atoms with E-state index >= 15 is 0 Å². The SMILES string of the molecule is [N-]=[N+]=NCCC#Cc1cc(CC(=O)O)ccc1F. The first-order valence-corrected chi connectivity index (χ1v) is 5.13. The second-order valence-electron chi connectivity index (χ2n) is 3.39. The van der Waals surface area contributed by atoms with Gasteiger partial charge in [0, 0.05) is 17.9 Å². The largest absolute Gasteiger partial charge is 0.481 e. The maximum absolute atomic E-state index is 13.4. The van der Waals surface area contributed by atoms with Gasteiger partial charge in [-0.2, -0.15) is 0 Å². The van der Waals surface area contributed by atoms with Crippen LogP contribution in [0.3, 0.4) is 0 Å². The van der Waals surface area contributed by atoms with E-state index in [-0.39, 0.29) is 18.5 Å². The molecule has 6 heteroatoms. The predicted molar refractivity (Wildman–Crippen MR) is 63.2 cm³/mol. The number of hydrogen-bond acceptors (Lipinski definition) is 2. The molecule has 0 fully saturated rings. The van der Waals surface area contributed by atoms with Crippen LogP contribution in [0.2, 0.25) is 0 Å². The Bertz CT molecular complexity index is 554. The molecule has 0 aromatic heterocycles. The summed E-state index contributed by atoms with van der Waals surface area (Å²) >= 11 is 0. The lowest BCUT2D eigenvalue weighted by Gasteiger charge is -1.99. The molecule has 0 saturated carbocycles. The summed E-state index contributed by atoms with van der Waals surface area (Å²) in [6.45, 7) is 0.222. The van der Waals surface area contributed by atoms with Crippen LogP contribution in [0.25, 0.3) is 10.4 Å². The van der Waals surface area contributed by atoms with E-state index in [2.05, 4.69) is 21.9 Å². The smallest absolute Gasteiger partial charge is 0.307 e. The highest BCUT2D eigenvalue weighted by atomic mass is 19.1. The van der Waals surface area contributed by atoms with E-state index in [9.17, 15) is 9.18 Å². The average molecular weight is 247 g/mol. The van der Waals surface area contributed by atoms with E-state index < -0.39 is 11.8 Å². The van der Waals surface area contributed by atoms with Gasteiger partial charge in [0.05, 0.1) is 12.0 Å². The standard InChI is InChI=1S/C12H10FN3O2/c13-11-5-4-9(8-12(17)18)7-10(11)3-1-2-6-15-16-14/h4-5,7H,2,6,8H2,(H,17,18). The van der Waals surface area contributed by atoms with E-state index in [1.54, 1.807) is 0 Å². The molecule has 1 aromatic carbocycles. The van der Waals surface area contributed by atoms with Crippen LogP contribution in [0.5, 0.6) is 0 Å². The minimum absolute atomic E-state index is 0.148. The third-order valence-electron chi connectivity index (χ3n) is 2.01. The van der Waals surface area contributed by atoms with Crippen molar-refractivity contribution in [3.8, 4) is 11.8 Å².